The number of hydrogen-bond acceptors (Lipinski definition) is 4. The van der Waals surface area contributed by atoms with Crippen LogP contribution >= 0.6 is 0 Å². The van der Waals surface area contributed by atoms with Crippen molar-refractivity contribution in [3.8, 4) is 11.5 Å². The number of benzene rings is 1. The van der Waals surface area contributed by atoms with Gasteiger partial charge in [0.25, 0.3) is 0 Å². The van der Waals surface area contributed by atoms with E-state index in [-0.39, 0.29) is 0 Å². The molecule has 3 aromatic rings. The van der Waals surface area contributed by atoms with Crippen molar-refractivity contribution in [3.63, 3.8) is 0 Å². The Balaban J connectivity index is 1.54. The molecular formula is C17H18N4O. The van der Waals surface area contributed by atoms with Gasteiger partial charge >= 0.3 is 0 Å². The standard InChI is InChI=1S/C17H18N4O/c1-20-10-13-7-14(20)8-16(13)21-15-3-2-11(6-12(15)9-19-21)17-18-4-5-22-17/h2-6,9,13-14,16H,7-8,10H2,1H3. The Morgan fingerprint density at radius 1 is 1.27 bits per heavy atom. The molecule has 112 valence electrons. The van der Waals surface area contributed by atoms with Gasteiger partial charge in [0.2, 0.25) is 5.89 Å². The van der Waals surface area contributed by atoms with Gasteiger partial charge in [-0.25, -0.2) is 4.98 Å². The lowest BCUT2D eigenvalue weighted by Crippen LogP contribution is -2.33. The molecule has 5 heteroatoms. The molecule has 1 aromatic carbocycles. The van der Waals surface area contributed by atoms with Gasteiger partial charge in [-0.3, -0.25) is 4.68 Å². The molecule has 2 aliphatic rings. The van der Waals surface area contributed by atoms with Gasteiger partial charge < -0.3 is 9.32 Å². The van der Waals surface area contributed by atoms with Crippen molar-refractivity contribution in [2.24, 2.45) is 5.92 Å². The second kappa shape index (κ2) is 4.43. The molecule has 5 rings (SSSR count). The van der Waals surface area contributed by atoms with Crippen LogP contribution < -0.4 is 0 Å². The summed E-state index contributed by atoms with van der Waals surface area (Å²) in [6.45, 7) is 1.20. The molecule has 2 bridgehead atoms. The lowest BCUT2D eigenvalue weighted by molar-refractivity contribution is 0.205. The highest BCUT2D eigenvalue weighted by atomic mass is 16.3. The van der Waals surface area contributed by atoms with Crippen molar-refractivity contribution in [2.75, 3.05) is 13.6 Å². The second-order valence-corrected chi connectivity index (χ2v) is 6.59. The number of fused-ring (bicyclic) bond motifs is 3. The summed E-state index contributed by atoms with van der Waals surface area (Å²) in [5, 5.41) is 5.85. The zero-order chi connectivity index (χ0) is 14.7. The van der Waals surface area contributed by atoms with Crippen LogP contribution in [0.5, 0.6) is 0 Å². The third-order valence-electron chi connectivity index (χ3n) is 5.37. The summed E-state index contributed by atoms with van der Waals surface area (Å²) in [5.41, 5.74) is 2.22. The van der Waals surface area contributed by atoms with E-state index in [4.69, 9.17) is 9.52 Å². The Hall–Kier alpha value is -2.14. The maximum atomic E-state index is 5.38. The lowest BCUT2D eigenvalue weighted by atomic mass is 10.0. The van der Waals surface area contributed by atoms with E-state index in [2.05, 4.69) is 39.8 Å². The molecule has 22 heavy (non-hydrogen) atoms. The molecule has 5 nitrogen and oxygen atoms in total. The highest BCUT2D eigenvalue weighted by Gasteiger charge is 2.44. The molecule has 3 heterocycles. The normalized spacial score (nSPS) is 28.0. The number of likely N-dealkylation sites (tertiary alicyclic amines) is 1. The van der Waals surface area contributed by atoms with Gasteiger partial charge in [-0.1, -0.05) is 0 Å². The molecule has 0 amide bonds. The van der Waals surface area contributed by atoms with Crippen molar-refractivity contribution in [3.05, 3.63) is 36.9 Å². The van der Waals surface area contributed by atoms with Gasteiger partial charge in [0.05, 0.1) is 24.0 Å². The minimum atomic E-state index is 0.547. The number of rotatable bonds is 2. The van der Waals surface area contributed by atoms with Crippen LogP contribution in [-0.4, -0.2) is 39.3 Å². The van der Waals surface area contributed by atoms with Crippen LogP contribution in [0.2, 0.25) is 0 Å². The molecular weight excluding hydrogens is 276 g/mol. The smallest absolute Gasteiger partial charge is 0.225 e. The zero-order valence-corrected chi connectivity index (χ0v) is 12.5. The van der Waals surface area contributed by atoms with Gasteiger partial charge in [-0.15, -0.1) is 0 Å². The molecule has 2 aromatic heterocycles. The summed E-state index contributed by atoms with van der Waals surface area (Å²) in [6, 6.07) is 7.62. The molecule has 1 saturated carbocycles. The Morgan fingerprint density at radius 3 is 2.95 bits per heavy atom. The highest BCUT2D eigenvalue weighted by Crippen LogP contribution is 2.44. The SMILES string of the molecule is CN1CC2CC1CC2n1ncc2cc(-c3ncco3)ccc21. The van der Waals surface area contributed by atoms with Gasteiger partial charge in [-0.2, -0.15) is 5.10 Å². The van der Waals surface area contributed by atoms with Crippen LogP contribution in [0.15, 0.2) is 41.3 Å². The predicted octanol–water partition coefficient (Wildman–Crippen LogP) is 2.96. The van der Waals surface area contributed by atoms with E-state index in [0.717, 1.165) is 22.9 Å². The van der Waals surface area contributed by atoms with Crippen LogP contribution in [0.4, 0.5) is 0 Å². The van der Waals surface area contributed by atoms with Crippen molar-refractivity contribution < 1.29 is 4.42 Å². The first kappa shape index (κ1) is 12.4. The summed E-state index contributed by atoms with van der Waals surface area (Å²) >= 11 is 0. The van der Waals surface area contributed by atoms with E-state index >= 15 is 0 Å². The fourth-order valence-corrected chi connectivity index (χ4v) is 4.27. The highest BCUT2D eigenvalue weighted by molar-refractivity contribution is 5.83. The average molecular weight is 294 g/mol. The maximum Gasteiger partial charge on any atom is 0.225 e. The first-order valence-corrected chi connectivity index (χ1v) is 7.87. The third kappa shape index (κ3) is 1.69. The third-order valence-corrected chi connectivity index (χ3v) is 5.37. The first-order chi connectivity index (χ1) is 10.8. The summed E-state index contributed by atoms with van der Waals surface area (Å²) in [4.78, 5) is 6.71. The van der Waals surface area contributed by atoms with Crippen molar-refractivity contribution in [2.45, 2.75) is 24.9 Å². The van der Waals surface area contributed by atoms with Crippen LogP contribution in [0.1, 0.15) is 18.9 Å². The molecule has 1 saturated heterocycles. The topological polar surface area (TPSA) is 47.1 Å². The number of aromatic nitrogens is 3. The molecule has 2 fully saturated rings. The monoisotopic (exact) mass is 294 g/mol. The van der Waals surface area contributed by atoms with Crippen LogP contribution in [0.3, 0.4) is 0 Å². The Bertz CT molecular complexity index is 820. The summed E-state index contributed by atoms with van der Waals surface area (Å²) in [6.07, 6.45) is 7.79. The van der Waals surface area contributed by atoms with E-state index in [1.807, 2.05) is 6.20 Å². The van der Waals surface area contributed by atoms with E-state index in [1.54, 1.807) is 12.5 Å². The van der Waals surface area contributed by atoms with Crippen molar-refractivity contribution in [1.82, 2.24) is 19.7 Å². The number of oxazole rings is 1. The fraction of sp³-hybridized carbons (Fsp3) is 0.412. The summed E-state index contributed by atoms with van der Waals surface area (Å²) in [5.74, 6) is 1.40. The van der Waals surface area contributed by atoms with Gasteiger partial charge in [-0.05, 0) is 44.0 Å². The number of piperidine rings is 1. The summed E-state index contributed by atoms with van der Waals surface area (Å²) in [7, 11) is 2.24. The van der Waals surface area contributed by atoms with Crippen LogP contribution in [0, 0.1) is 5.92 Å². The lowest BCUT2D eigenvalue weighted by Gasteiger charge is -2.29. The van der Waals surface area contributed by atoms with Crippen LogP contribution in [-0.2, 0) is 0 Å². The maximum absolute atomic E-state index is 5.38. The van der Waals surface area contributed by atoms with E-state index < -0.39 is 0 Å². The second-order valence-electron chi connectivity index (χ2n) is 6.59. The quantitative estimate of drug-likeness (QED) is 0.729. The number of hydrogen-bond donors (Lipinski definition) is 0. The molecule has 1 aliphatic carbocycles. The molecule has 3 unspecified atom stereocenters. The Morgan fingerprint density at radius 2 is 2.23 bits per heavy atom. The van der Waals surface area contributed by atoms with E-state index in [0.29, 0.717) is 11.9 Å². The summed E-state index contributed by atoms with van der Waals surface area (Å²) < 4.78 is 7.63. The van der Waals surface area contributed by atoms with Crippen molar-refractivity contribution >= 4 is 10.9 Å². The van der Waals surface area contributed by atoms with E-state index in [9.17, 15) is 0 Å². The predicted molar refractivity (Wildman–Crippen MR) is 83.4 cm³/mol. The molecule has 3 atom stereocenters. The molecule has 1 aliphatic heterocycles. The molecule has 0 spiro atoms. The van der Waals surface area contributed by atoms with E-state index in [1.165, 1.54) is 24.9 Å². The zero-order valence-electron chi connectivity index (χ0n) is 12.5. The molecule has 0 N–H and O–H groups in total. The van der Waals surface area contributed by atoms with Gasteiger partial charge in [0, 0.05) is 23.5 Å². The van der Waals surface area contributed by atoms with Crippen molar-refractivity contribution in [1.29, 1.82) is 0 Å². The minimum absolute atomic E-state index is 0.547. The average Bonchev–Trinajstić information content (AvgIpc) is 3.29. The molecule has 0 radical (unpaired) electrons. The van der Waals surface area contributed by atoms with Gasteiger partial charge in [0.15, 0.2) is 0 Å². The minimum Gasteiger partial charge on any atom is -0.445 e. The Kier molecular flexibility index (Phi) is 2.50. The number of nitrogens with zero attached hydrogens (tertiary/aromatic N) is 4. The van der Waals surface area contributed by atoms with Gasteiger partial charge in [0.1, 0.15) is 6.26 Å². The Labute approximate surface area is 128 Å². The van der Waals surface area contributed by atoms with Crippen LogP contribution in [0.25, 0.3) is 22.4 Å². The fourth-order valence-electron chi connectivity index (χ4n) is 4.27. The first-order valence-electron chi connectivity index (χ1n) is 7.87. The largest absolute Gasteiger partial charge is 0.445 e.